The normalized spacial score (nSPS) is 11.1. The Labute approximate surface area is 229 Å². The van der Waals surface area contributed by atoms with E-state index in [1.807, 2.05) is 59.8 Å². The van der Waals surface area contributed by atoms with Crippen LogP contribution in [0.1, 0.15) is 66.3 Å². The van der Waals surface area contributed by atoms with Crippen LogP contribution in [0.15, 0.2) is 60.2 Å². The molecule has 0 aromatic carbocycles. The van der Waals surface area contributed by atoms with E-state index in [1.54, 1.807) is 31.3 Å². The summed E-state index contributed by atoms with van der Waals surface area (Å²) in [5.74, 6) is -0.385. The van der Waals surface area contributed by atoms with Crippen LogP contribution in [0.5, 0.6) is 0 Å². The summed E-state index contributed by atoms with van der Waals surface area (Å²) in [7, 11) is -1.42. The lowest BCUT2D eigenvalue weighted by Crippen LogP contribution is -2.39. The predicted octanol–water partition coefficient (Wildman–Crippen LogP) is 6.14. The van der Waals surface area contributed by atoms with E-state index >= 15 is 0 Å². The Bertz CT molecular complexity index is 927. The number of anilines is 1. The van der Waals surface area contributed by atoms with Gasteiger partial charge in [0.2, 0.25) is 0 Å². The molecule has 0 aliphatic carbocycles. The minimum absolute atomic E-state index is 0.141. The Kier molecular flexibility index (Phi) is 27.8. The van der Waals surface area contributed by atoms with E-state index in [-0.39, 0.29) is 12.2 Å². The van der Waals surface area contributed by atoms with E-state index in [2.05, 4.69) is 26.3 Å². The van der Waals surface area contributed by atoms with Gasteiger partial charge < -0.3 is 10.8 Å². The molecule has 0 bridgehead atoms. The lowest BCUT2D eigenvalue weighted by Gasteiger charge is -2.12. The summed E-state index contributed by atoms with van der Waals surface area (Å²) in [5, 5.41) is 9.72. The molecule has 210 valence electrons. The van der Waals surface area contributed by atoms with Crippen LogP contribution in [0.2, 0.25) is 0 Å². The second kappa shape index (κ2) is 26.4. The highest BCUT2D eigenvalue weighted by Crippen LogP contribution is 2.18. The molecule has 4 N–H and O–H groups in total. The molecule has 0 radical (unpaired) electrons. The van der Waals surface area contributed by atoms with Crippen molar-refractivity contribution in [3.05, 3.63) is 66.4 Å². The summed E-state index contributed by atoms with van der Waals surface area (Å²) in [6.07, 6.45) is 7.56. The first kappa shape index (κ1) is 38.9. The molecule has 2 aromatic rings. The van der Waals surface area contributed by atoms with Crippen LogP contribution in [-0.2, 0) is 28.0 Å². The fourth-order valence-corrected chi connectivity index (χ4v) is 3.20. The van der Waals surface area contributed by atoms with Gasteiger partial charge in [-0.05, 0) is 38.5 Å². The molecular formula is C26H44FN5O3S2. The van der Waals surface area contributed by atoms with Crippen molar-refractivity contribution in [1.29, 1.82) is 0 Å². The Hall–Kier alpha value is -2.63. The molecule has 2 atom stereocenters. The van der Waals surface area contributed by atoms with Gasteiger partial charge >= 0.3 is 5.97 Å². The number of nitrogens with zero attached hydrogens (tertiary/aromatic N) is 3. The number of hydrogen-bond acceptors (Lipinski definition) is 7. The standard InChI is InChI=1S/C14H17N5O3S2.C4H7F.C4H8.2C2H6/c1-24(22)19-11(13(20)21)7-9-3-2-4-10(17-9)8-23-14-16-6-5-12(15)18-14;1-3-4(2)5;1-3-4-2;2*1-2/h2-6,11,19H,7-8H2,1H3,(H,20,21)(H2,15,16,18);2-3H2,1H3;3-4H,1-2H3;2*1-2H3/b;;4-3-;;. The van der Waals surface area contributed by atoms with E-state index in [4.69, 9.17) is 5.73 Å². The number of allylic oxidation sites excluding steroid dienone is 3. The molecule has 37 heavy (non-hydrogen) atoms. The molecule has 0 spiro atoms. The van der Waals surface area contributed by atoms with Gasteiger partial charge in [0.15, 0.2) is 5.16 Å². The Morgan fingerprint density at radius 1 is 1.19 bits per heavy atom. The van der Waals surface area contributed by atoms with Gasteiger partial charge in [0.05, 0.1) is 22.5 Å². The molecule has 2 unspecified atom stereocenters. The second-order valence-corrected chi connectivity index (χ2v) is 8.46. The van der Waals surface area contributed by atoms with Crippen molar-refractivity contribution in [1.82, 2.24) is 19.7 Å². The van der Waals surface area contributed by atoms with Crippen molar-refractivity contribution in [2.75, 3.05) is 12.0 Å². The molecule has 2 heterocycles. The molecule has 0 amide bonds. The first-order chi connectivity index (χ1) is 17.6. The molecule has 0 saturated carbocycles. The number of pyridine rings is 1. The highest BCUT2D eigenvalue weighted by molar-refractivity contribution is 7.98. The lowest BCUT2D eigenvalue weighted by molar-refractivity contribution is -0.138. The van der Waals surface area contributed by atoms with Gasteiger partial charge in [0, 0.05) is 30.3 Å². The Morgan fingerprint density at radius 2 is 1.73 bits per heavy atom. The summed E-state index contributed by atoms with van der Waals surface area (Å²) in [6, 6.07) is 6.04. The van der Waals surface area contributed by atoms with Gasteiger partial charge in [-0.1, -0.05) is 71.2 Å². The number of halogens is 1. The summed E-state index contributed by atoms with van der Waals surface area (Å²) in [4.78, 5) is 23.8. The third-order valence-corrected chi connectivity index (χ3v) is 5.12. The Morgan fingerprint density at radius 3 is 2.16 bits per heavy atom. The van der Waals surface area contributed by atoms with Crippen LogP contribution >= 0.6 is 11.8 Å². The van der Waals surface area contributed by atoms with Crippen LogP contribution < -0.4 is 10.5 Å². The highest BCUT2D eigenvalue weighted by Gasteiger charge is 2.19. The van der Waals surface area contributed by atoms with Gasteiger partial charge in [-0.15, -0.1) is 0 Å². The molecule has 2 rings (SSSR count). The molecule has 0 saturated heterocycles. The van der Waals surface area contributed by atoms with E-state index in [0.717, 1.165) is 5.69 Å². The SMILES string of the molecule is C/C=C\C.C=C(F)CC.CC.CC.CS(=O)NC(Cc1cccc(CSc2nccc(N)n2)n1)C(=O)O. The zero-order chi connectivity index (χ0) is 29.2. The van der Waals surface area contributed by atoms with Crippen molar-refractivity contribution < 1.29 is 18.5 Å². The summed E-state index contributed by atoms with van der Waals surface area (Å²) in [5.41, 5.74) is 6.98. The number of carbonyl (C=O) groups is 1. The summed E-state index contributed by atoms with van der Waals surface area (Å²) < 4.78 is 24.9. The molecule has 8 nitrogen and oxygen atoms in total. The van der Waals surface area contributed by atoms with Crippen molar-refractivity contribution in [3.63, 3.8) is 0 Å². The van der Waals surface area contributed by atoms with Crippen LogP contribution in [0.25, 0.3) is 0 Å². The van der Waals surface area contributed by atoms with Gasteiger partial charge in [-0.2, -0.15) is 0 Å². The van der Waals surface area contributed by atoms with Crippen LogP contribution in [-0.4, -0.2) is 42.5 Å². The average Bonchev–Trinajstić information content (AvgIpc) is 2.90. The van der Waals surface area contributed by atoms with Crippen molar-refractivity contribution in [2.45, 2.75) is 78.3 Å². The number of nitrogens with one attached hydrogen (secondary N) is 1. The first-order valence-corrected chi connectivity index (χ1v) is 14.6. The number of carboxylic acids is 1. The van der Waals surface area contributed by atoms with Crippen LogP contribution in [0.4, 0.5) is 10.2 Å². The number of rotatable bonds is 9. The Balaban J connectivity index is -0.000000747. The van der Waals surface area contributed by atoms with Gasteiger partial charge in [-0.25, -0.2) is 23.3 Å². The van der Waals surface area contributed by atoms with Gasteiger partial charge in [0.25, 0.3) is 0 Å². The van der Waals surface area contributed by atoms with E-state index in [9.17, 15) is 18.5 Å². The third-order valence-electron chi connectivity index (χ3n) is 3.61. The number of carboxylic acid groups (broad SMARTS) is 1. The first-order valence-electron chi connectivity index (χ1n) is 12.0. The molecule has 0 fully saturated rings. The van der Waals surface area contributed by atoms with E-state index in [0.29, 0.717) is 28.8 Å². The predicted molar refractivity (Wildman–Crippen MR) is 156 cm³/mol. The van der Waals surface area contributed by atoms with E-state index < -0.39 is 23.0 Å². The maximum atomic E-state index is 11.2. The molecular weight excluding hydrogens is 513 g/mol. The number of thioether (sulfide) groups is 1. The quantitative estimate of drug-likeness (QED) is 0.190. The maximum absolute atomic E-state index is 11.2. The van der Waals surface area contributed by atoms with E-state index in [1.165, 1.54) is 18.0 Å². The monoisotopic (exact) mass is 557 g/mol. The number of aliphatic carboxylic acids is 1. The van der Waals surface area contributed by atoms with Crippen molar-refractivity contribution >= 4 is 34.5 Å². The smallest absolute Gasteiger partial charge is 0.322 e. The molecule has 0 aliphatic heterocycles. The molecule has 0 aliphatic rings. The number of hydrogen-bond donors (Lipinski definition) is 3. The van der Waals surface area contributed by atoms with Crippen LogP contribution in [0, 0.1) is 0 Å². The second-order valence-electron chi connectivity index (χ2n) is 6.38. The average molecular weight is 558 g/mol. The number of nitrogens with two attached hydrogens (primary N) is 1. The third kappa shape index (κ3) is 23.5. The minimum atomic E-state index is -1.42. The summed E-state index contributed by atoms with van der Waals surface area (Å²) >= 11 is 1.39. The van der Waals surface area contributed by atoms with Crippen LogP contribution in [0.3, 0.4) is 0 Å². The number of nitrogen functional groups attached to an aromatic ring is 1. The highest BCUT2D eigenvalue weighted by atomic mass is 32.2. The molecule has 11 heteroatoms. The van der Waals surface area contributed by atoms with Gasteiger partial charge in [0.1, 0.15) is 11.9 Å². The lowest BCUT2D eigenvalue weighted by atomic mass is 10.1. The fourth-order valence-electron chi connectivity index (χ4n) is 1.87. The number of aromatic nitrogens is 3. The van der Waals surface area contributed by atoms with Gasteiger partial charge in [-0.3, -0.25) is 9.78 Å². The minimum Gasteiger partial charge on any atom is -0.480 e. The largest absolute Gasteiger partial charge is 0.480 e. The fraction of sp³-hybridized carbons (Fsp3) is 0.462. The van der Waals surface area contributed by atoms with Crippen molar-refractivity contribution in [2.24, 2.45) is 0 Å². The zero-order valence-corrected chi connectivity index (χ0v) is 25.0. The zero-order valence-electron chi connectivity index (χ0n) is 23.3. The molecule has 2 aromatic heterocycles. The maximum Gasteiger partial charge on any atom is 0.322 e. The topological polar surface area (TPSA) is 131 Å². The van der Waals surface area contributed by atoms with Crippen molar-refractivity contribution in [3.8, 4) is 0 Å². The summed E-state index contributed by atoms with van der Waals surface area (Å²) in [6.45, 7) is 16.7.